The summed E-state index contributed by atoms with van der Waals surface area (Å²) >= 11 is 0. The second-order valence-corrected chi connectivity index (χ2v) is 8.48. The van der Waals surface area contributed by atoms with Gasteiger partial charge in [0.15, 0.2) is 17.4 Å². The summed E-state index contributed by atoms with van der Waals surface area (Å²) in [7, 11) is 3.15. The Morgan fingerprint density at radius 3 is 2.79 bits per heavy atom. The quantitative estimate of drug-likeness (QED) is 0.325. The number of nitrogens with one attached hydrogen (secondary N) is 1. The first-order valence-electron chi connectivity index (χ1n) is 11.9. The normalized spacial score (nSPS) is 14.8. The first kappa shape index (κ1) is 25.3. The second-order valence-electron chi connectivity index (χ2n) is 8.48. The van der Waals surface area contributed by atoms with E-state index >= 15 is 0 Å². The molecule has 2 N–H and O–H groups in total. The minimum atomic E-state index is -0.531. The Morgan fingerprint density at radius 1 is 1.23 bits per heavy atom. The fourth-order valence-electron chi connectivity index (χ4n) is 4.08. The summed E-state index contributed by atoms with van der Waals surface area (Å²) in [4.78, 5) is 17.5. The van der Waals surface area contributed by atoms with Crippen molar-refractivity contribution in [3.8, 4) is 23.4 Å². The van der Waals surface area contributed by atoms with Crippen LogP contribution < -0.4 is 10.1 Å². The zero-order valence-electron chi connectivity index (χ0n) is 21.1. The van der Waals surface area contributed by atoms with Gasteiger partial charge in [0.1, 0.15) is 23.1 Å². The van der Waals surface area contributed by atoms with Crippen LogP contribution >= 0.6 is 0 Å². The van der Waals surface area contributed by atoms with Gasteiger partial charge >= 0.3 is 0 Å². The molecule has 11 heteroatoms. The van der Waals surface area contributed by atoms with Crippen molar-refractivity contribution in [2.45, 2.75) is 12.5 Å². The van der Waals surface area contributed by atoms with Gasteiger partial charge in [-0.15, -0.1) is 10.2 Å². The number of benzene rings is 2. The van der Waals surface area contributed by atoms with Crippen molar-refractivity contribution in [2.75, 3.05) is 14.2 Å². The van der Waals surface area contributed by atoms with Gasteiger partial charge in [-0.2, -0.15) is 15.0 Å². The van der Waals surface area contributed by atoms with E-state index in [-0.39, 0.29) is 34.5 Å². The van der Waals surface area contributed by atoms with Gasteiger partial charge in [0, 0.05) is 24.4 Å². The number of pyridine rings is 1. The van der Waals surface area contributed by atoms with Crippen molar-refractivity contribution < 1.29 is 19.4 Å². The van der Waals surface area contributed by atoms with E-state index in [1.54, 1.807) is 61.8 Å². The van der Waals surface area contributed by atoms with Crippen molar-refractivity contribution in [1.82, 2.24) is 20.1 Å². The number of nitrogens with zero attached hydrogens (tertiary/aromatic N) is 6. The molecule has 1 aliphatic rings. The molecule has 1 amide bonds. The van der Waals surface area contributed by atoms with E-state index in [0.29, 0.717) is 34.5 Å². The van der Waals surface area contributed by atoms with E-state index in [2.05, 4.69) is 25.6 Å². The minimum Gasteiger partial charge on any atom is -0.505 e. The molecule has 2 heterocycles. The van der Waals surface area contributed by atoms with Gasteiger partial charge in [-0.05, 0) is 54.3 Å². The van der Waals surface area contributed by atoms with Gasteiger partial charge in [0.2, 0.25) is 0 Å². The first-order chi connectivity index (χ1) is 19.0. The van der Waals surface area contributed by atoms with Gasteiger partial charge in [0.25, 0.3) is 5.91 Å². The number of hydrogen-bond acceptors (Lipinski definition) is 9. The van der Waals surface area contributed by atoms with Gasteiger partial charge < -0.3 is 19.9 Å². The molecule has 0 fully saturated rings. The van der Waals surface area contributed by atoms with Gasteiger partial charge in [-0.3, -0.25) is 4.79 Å². The predicted molar refractivity (Wildman–Crippen MR) is 143 cm³/mol. The van der Waals surface area contributed by atoms with Crippen LogP contribution in [0.5, 0.6) is 11.5 Å². The molecule has 0 aliphatic heterocycles. The van der Waals surface area contributed by atoms with E-state index in [4.69, 9.17) is 9.47 Å². The molecule has 5 rings (SSSR count). The first-order valence-corrected chi connectivity index (χ1v) is 11.9. The Bertz CT molecular complexity index is 1680. The monoisotopic (exact) mass is 521 g/mol. The highest BCUT2D eigenvalue weighted by Gasteiger charge is 2.21. The predicted octanol–water partition coefficient (Wildman–Crippen LogP) is 5.01. The minimum absolute atomic E-state index is 0.00777. The molecule has 0 spiro atoms. The Labute approximate surface area is 223 Å². The summed E-state index contributed by atoms with van der Waals surface area (Å²) < 4.78 is 12.0. The zero-order chi connectivity index (χ0) is 27.4. The molecule has 0 saturated heterocycles. The van der Waals surface area contributed by atoms with E-state index < -0.39 is 5.91 Å². The number of phenols is 1. The fraction of sp³-hybridized carbons (Fsp3) is 0.143. The van der Waals surface area contributed by atoms with Crippen molar-refractivity contribution in [3.63, 3.8) is 0 Å². The number of ether oxygens (including phenoxy) is 2. The van der Waals surface area contributed by atoms with Gasteiger partial charge in [0.05, 0.1) is 25.0 Å². The summed E-state index contributed by atoms with van der Waals surface area (Å²) in [5.41, 5.74) is 0.783. The number of azo groups is 1. The molecule has 2 aromatic heterocycles. The average molecular weight is 522 g/mol. The number of nitriles is 1. The lowest BCUT2D eigenvalue weighted by Gasteiger charge is -2.16. The Kier molecular flexibility index (Phi) is 7.11. The lowest BCUT2D eigenvalue weighted by atomic mass is 10.0. The zero-order valence-corrected chi connectivity index (χ0v) is 21.1. The summed E-state index contributed by atoms with van der Waals surface area (Å²) in [5.74, 6) is 0.218. The summed E-state index contributed by atoms with van der Waals surface area (Å²) in [5, 5.41) is 37.6. The number of fused-ring (bicyclic) bond motifs is 1. The number of allylic oxidation sites excluding steroid dienone is 1. The number of rotatable bonds is 7. The Morgan fingerprint density at radius 2 is 2.10 bits per heavy atom. The smallest absolute Gasteiger partial charge is 0.259 e. The summed E-state index contributed by atoms with van der Waals surface area (Å²) in [6.07, 6.45) is 8.93. The highest BCUT2D eigenvalue weighted by Crippen LogP contribution is 2.41. The van der Waals surface area contributed by atoms with Crippen LogP contribution in [0.3, 0.4) is 0 Å². The van der Waals surface area contributed by atoms with Crippen molar-refractivity contribution in [3.05, 3.63) is 89.9 Å². The maximum Gasteiger partial charge on any atom is 0.259 e. The fourth-order valence-corrected chi connectivity index (χ4v) is 4.08. The number of aromatic hydroxyl groups is 1. The second kappa shape index (κ2) is 11.0. The Hall–Kier alpha value is -5.34. The maximum atomic E-state index is 13.3. The molecule has 11 nitrogen and oxygen atoms in total. The number of methoxy groups -OCH3 is 2. The SMILES string of the molecule is COc1ccc2c(N=Nc3c(C#N)cnn3-c3ccccn3)c(O)c(C(=O)NC3=CCC(OC)C=C3)cc2c1. The third-order valence-corrected chi connectivity index (χ3v) is 6.13. The number of hydrogen-bond donors (Lipinski definition) is 2. The van der Waals surface area contributed by atoms with Crippen molar-refractivity contribution in [2.24, 2.45) is 10.2 Å². The number of carbonyl (C=O) groups is 1. The molecule has 0 bridgehead atoms. The lowest BCUT2D eigenvalue weighted by Crippen LogP contribution is -2.24. The molecule has 2 aromatic carbocycles. The van der Waals surface area contributed by atoms with Crippen LogP contribution in [0.2, 0.25) is 0 Å². The van der Waals surface area contributed by atoms with E-state index in [0.717, 1.165) is 0 Å². The molecule has 1 unspecified atom stereocenters. The lowest BCUT2D eigenvalue weighted by molar-refractivity contribution is 0.0963. The number of carbonyl (C=O) groups excluding carboxylic acids is 1. The highest BCUT2D eigenvalue weighted by molar-refractivity contribution is 6.07. The molecule has 0 radical (unpaired) electrons. The summed E-state index contributed by atoms with van der Waals surface area (Å²) in [6, 6.07) is 14.0. The molecular weight excluding hydrogens is 498 g/mol. The third kappa shape index (κ3) is 5.09. The molecule has 39 heavy (non-hydrogen) atoms. The molecule has 4 aromatic rings. The number of aromatic nitrogens is 3. The Balaban J connectivity index is 1.59. The maximum absolute atomic E-state index is 13.3. The largest absolute Gasteiger partial charge is 0.505 e. The van der Waals surface area contributed by atoms with Crippen LogP contribution in [0.25, 0.3) is 16.6 Å². The molecule has 1 atom stereocenters. The van der Waals surface area contributed by atoms with Crippen LogP contribution in [0.15, 0.2) is 89.0 Å². The van der Waals surface area contributed by atoms with Gasteiger partial charge in [-0.25, -0.2) is 4.98 Å². The van der Waals surface area contributed by atoms with Crippen LogP contribution in [-0.2, 0) is 4.74 Å². The highest BCUT2D eigenvalue weighted by atomic mass is 16.5. The molecule has 0 saturated carbocycles. The molecular formula is C28H23N7O4. The van der Waals surface area contributed by atoms with Crippen molar-refractivity contribution in [1.29, 1.82) is 5.26 Å². The standard InChI is InChI=1S/C28H23N7O4/c1-38-20-8-6-19(7-9-20)32-28(37)23-14-17-13-21(39-2)10-11-22(17)25(26(23)36)33-34-27-18(15-29)16-31-35(27)24-5-3-4-12-30-24/h3-8,10-14,16,20,36H,9H2,1-2H3,(H,32,37). The van der Waals surface area contributed by atoms with Crippen molar-refractivity contribution >= 4 is 28.2 Å². The third-order valence-electron chi connectivity index (χ3n) is 6.13. The van der Waals surface area contributed by atoms with E-state index in [1.165, 1.54) is 18.0 Å². The topological polar surface area (TPSA) is 147 Å². The van der Waals surface area contributed by atoms with E-state index in [1.807, 2.05) is 18.2 Å². The molecule has 194 valence electrons. The van der Waals surface area contributed by atoms with Crippen LogP contribution in [0.4, 0.5) is 11.5 Å². The van der Waals surface area contributed by atoms with Crippen LogP contribution in [0.1, 0.15) is 22.3 Å². The molecule has 1 aliphatic carbocycles. The number of amides is 1. The summed E-state index contributed by atoms with van der Waals surface area (Å²) in [6.45, 7) is 0. The van der Waals surface area contributed by atoms with Crippen LogP contribution in [0, 0.1) is 11.3 Å². The van der Waals surface area contributed by atoms with Crippen LogP contribution in [-0.4, -0.2) is 46.1 Å². The van der Waals surface area contributed by atoms with E-state index in [9.17, 15) is 15.2 Å². The number of phenolic OH excluding ortho intramolecular Hbond substituents is 1. The average Bonchev–Trinajstić information content (AvgIpc) is 3.39. The van der Waals surface area contributed by atoms with Gasteiger partial charge in [-0.1, -0.05) is 18.2 Å².